The van der Waals surface area contributed by atoms with Gasteiger partial charge in [-0.3, -0.25) is 19.9 Å². The Hall–Kier alpha value is -6.06. The Labute approximate surface area is 260 Å². The molecule has 0 aliphatic heterocycles. The number of aromatic nitrogens is 14. The van der Waals surface area contributed by atoms with E-state index >= 15 is 0 Å². The summed E-state index contributed by atoms with van der Waals surface area (Å²) in [5, 5.41) is 31.4. The van der Waals surface area contributed by atoms with Gasteiger partial charge >= 0.3 is 0 Å². The Morgan fingerprint density at radius 3 is 2.15 bits per heavy atom. The summed E-state index contributed by atoms with van der Waals surface area (Å²) in [6.45, 7) is 3.06. The van der Waals surface area contributed by atoms with Crippen LogP contribution in [0.3, 0.4) is 0 Å². The van der Waals surface area contributed by atoms with Gasteiger partial charge in [0.1, 0.15) is 5.52 Å². The summed E-state index contributed by atoms with van der Waals surface area (Å²) in [4.78, 5) is 26.6. The number of aromatic amines is 2. The predicted octanol–water partition coefficient (Wildman–Crippen LogP) is 4.67. The molecule has 228 valence electrons. The Bertz CT molecular complexity index is 2350. The van der Waals surface area contributed by atoms with Crippen LogP contribution < -0.4 is 10.6 Å². The number of nitrogens with one attached hydrogen (secondary N) is 4. The highest BCUT2D eigenvalue weighted by Gasteiger charge is 2.33. The zero-order chi connectivity index (χ0) is 30.6. The minimum absolute atomic E-state index is 0.197. The third-order valence-corrected chi connectivity index (χ3v) is 8.89. The van der Waals surface area contributed by atoms with Crippen LogP contribution in [0.1, 0.15) is 32.2 Å². The van der Waals surface area contributed by atoms with E-state index in [-0.39, 0.29) is 6.04 Å². The molecular formula is C30H28N16. The average molecular weight is 613 g/mol. The molecule has 1 saturated carbocycles. The molecule has 3 atom stereocenters. The molecule has 1 aliphatic rings. The number of fused-ring (bicyclic) bond motifs is 4. The van der Waals surface area contributed by atoms with Gasteiger partial charge in [-0.05, 0) is 50.2 Å². The minimum Gasteiger partial charge on any atom is -0.337 e. The van der Waals surface area contributed by atoms with Crippen LogP contribution >= 0.6 is 0 Å². The van der Waals surface area contributed by atoms with E-state index in [1.54, 1.807) is 31.0 Å². The van der Waals surface area contributed by atoms with Crippen LogP contribution in [0.2, 0.25) is 0 Å². The van der Waals surface area contributed by atoms with Crippen molar-refractivity contribution >= 4 is 67.4 Å². The fourth-order valence-corrected chi connectivity index (χ4v) is 6.41. The highest BCUT2D eigenvalue weighted by molar-refractivity contribution is 5.88. The number of pyridine rings is 2. The molecule has 0 aromatic carbocycles. The van der Waals surface area contributed by atoms with Gasteiger partial charge in [-0.15, -0.1) is 0 Å². The molecule has 1 aliphatic carbocycles. The lowest BCUT2D eigenvalue weighted by molar-refractivity contribution is 0.122. The summed E-state index contributed by atoms with van der Waals surface area (Å²) in [5.74, 6) is 2.44. The highest BCUT2D eigenvalue weighted by atomic mass is 15.3. The average Bonchev–Trinajstić information content (AvgIpc) is 3.88. The number of hydrogen-bond acceptors (Lipinski definition) is 12. The molecule has 4 N–H and O–H groups in total. The van der Waals surface area contributed by atoms with Crippen LogP contribution in [-0.2, 0) is 6.54 Å². The monoisotopic (exact) mass is 612 g/mol. The molecule has 9 rings (SSSR count). The molecule has 8 heterocycles. The zero-order valence-electron chi connectivity index (χ0n) is 24.7. The van der Waals surface area contributed by atoms with E-state index in [1.807, 2.05) is 29.3 Å². The van der Waals surface area contributed by atoms with E-state index in [0.29, 0.717) is 45.8 Å². The largest absolute Gasteiger partial charge is 0.337 e. The predicted molar refractivity (Wildman–Crippen MR) is 171 cm³/mol. The van der Waals surface area contributed by atoms with E-state index in [2.05, 4.69) is 73.6 Å². The Morgan fingerprint density at radius 2 is 1.43 bits per heavy atom. The van der Waals surface area contributed by atoms with Crippen LogP contribution in [0.5, 0.6) is 0 Å². The summed E-state index contributed by atoms with van der Waals surface area (Å²) in [5.41, 5.74) is 6.83. The third kappa shape index (κ3) is 4.53. The lowest BCUT2D eigenvalue weighted by atomic mass is 9.70. The summed E-state index contributed by atoms with van der Waals surface area (Å²) >= 11 is 0. The Morgan fingerprint density at radius 1 is 0.761 bits per heavy atom. The number of H-pyrrole nitrogens is 2. The van der Waals surface area contributed by atoms with Crippen LogP contribution in [0.4, 0.5) is 23.0 Å². The summed E-state index contributed by atoms with van der Waals surface area (Å²) in [7, 11) is 0. The second-order valence-electron chi connectivity index (χ2n) is 11.8. The van der Waals surface area contributed by atoms with Gasteiger partial charge in [0.25, 0.3) is 0 Å². The van der Waals surface area contributed by atoms with Crippen LogP contribution in [0.25, 0.3) is 44.4 Å². The van der Waals surface area contributed by atoms with Gasteiger partial charge in [-0.2, -0.15) is 20.4 Å². The van der Waals surface area contributed by atoms with Gasteiger partial charge in [-0.25, -0.2) is 29.6 Å². The SMILES string of the molecule is CC(CC1CCC1Cn1ncc2ncc(Nc3[nH]nc4nccnc34)cc21)n1ncc2cc(Nc3[nH]nc4nccnc34)cnc21. The van der Waals surface area contributed by atoms with E-state index in [0.717, 1.165) is 46.4 Å². The van der Waals surface area contributed by atoms with Crippen molar-refractivity contribution < 1.29 is 0 Å². The maximum absolute atomic E-state index is 4.77. The molecule has 0 saturated heterocycles. The lowest BCUT2D eigenvalue weighted by Crippen LogP contribution is -2.32. The van der Waals surface area contributed by atoms with Gasteiger partial charge in [0.05, 0.1) is 47.7 Å². The van der Waals surface area contributed by atoms with Gasteiger partial charge in [-0.1, -0.05) is 0 Å². The molecule has 0 radical (unpaired) electrons. The van der Waals surface area contributed by atoms with Crippen molar-refractivity contribution in [2.75, 3.05) is 10.6 Å². The maximum Gasteiger partial charge on any atom is 0.201 e. The Balaban J connectivity index is 0.883. The number of nitrogens with zero attached hydrogens (tertiary/aromatic N) is 12. The first-order valence-electron chi connectivity index (χ1n) is 15.2. The first-order chi connectivity index (χ1) is 22.7. The first kappa shape index (κ1) is 26.4. The topological polar surface area (TPSA) is 194 Å². The van der Waals surface area contributed by atoms with Crippen molar-refractivity contribution in [2.24, 2.45) is 11.8 Å². The van der Waals surface area contributed by atoms with Gasteiger partial charge in [0, 0.05) is 36.7 Å². The summed E-state index contributed by atoms with van der Waals surface area (Å²) < 4.78 is 4.12. The third-order valence-electron chi connectivity index (χ3n) is 8.89. The zero-order valence-corrected chi connectivity index (χ0v) is 24.7. The minimum atomic E-state index is 0.197. The van der Waals surface area contributed by atoms with Crippen LogP contribution in [-0.4, -0.2) is 69.9 Å². The Kier molecular flexibility index (Phi) is 6.04. The lowest BCUT2D eigenvalue weighted by Gasteiger charge is -2.38. The standard InChI is InChI=1S/C30H28N16/c1-16(46-30-19(11-38-46)9-20(13-36-30)39-28-24-26(41-43-28)33-6-4-31-24)8-17-2-3-18(17)15-45-23-10-21(12-35-22(23)14-37-45)40-29-25-27(42-44-29)34-7-5-32-25/h4-7,9-14,16-18H,2-3,8,15H2,1H3,(H2,33,39,41,43)(H2,34,40,42,44). The second kappa shape index (κ2) is 10.5. The molecule has 8 aromatic heterocycles. The second-order valence-corrected chi connectivity index (χ2v) is 11.8. The smallest absolute Gasteiger partial charge is 0.201 e. The quantitative estimate of drug-likeness (QED) is 0.176. The van der Waals surface area contributed by atoms with Crippen LogP contribution in [0, 0.1) is 11.8 Å². The van der Waals surface area contributed by atoms with E-state index in [4.69, 9.17) is 15.2 Å². The van der Waals surface area contributed by atoms with Crippen molar-refractivity contribution in [1.29, 1.82) is 0 Å². The molecule has 8 aromatic rings. The van der Waals surface area contributed by atoms with Gasteiger partial charge < -0.3 is 10.6 Å². The first-order valence-corrected chi connectivity index (χ1v) is 15.2. The van der Waals surface area contributed by atoms with Gasteiger partial charge in [0.2, 0.25) is 11.3 Å². The van der Waals surface area contributed by atoms with Crippen molar-refractivity contribution in [1.82, 2.24) is 69.9 Å². The van der Waals surface area contributed by atoms with Crippen molar-refractivity contribution in [3.63, 3.8) is 0 Å². The maximum atomic E-state index is 4.77. The summed E-state index contributed by atoms with van der Waals surface area (Å²) in [6, 6.07) is 4.31. The van der Waals surface area contributed by atoms with Crippen molar-refractivity contribution in [3.8, 4) is 0 Å². The van der Waals surface area contributed by atoms with E-state index < -0.39 is 0 Å². The normalized spacial score (nSPS) is 17.2. The molecule has 16 nitrogen and oxygen atoms in total. The summed E-state index contributed by atoms with van der Waals surface area (Å²) in [6.07, 6.45) is 17.2. The fraction of sp³-hybridized carbons (Fsp3) is 0.267. The molecule has 0 amide bonds. The highest BCUT2D eigenvalue weighted by Crippen LogP contribution is 2.41. The molecule has 0 bridgehead atoms. The molecular weight excluding hydrogens is 584 g/mol. The fourth-order valence-electron chi connectivity index (χ4n) is 6.41. The molecule has 46 heavy (non-hydrogen) atoms. The molecule has 16 heteroatoms. The number of hydrogen-bond donors (Lipinski definition) is 4. The molecule has 1 fully saturated rings. The van der Waals surface area contributed by atoms with Crippen molar-refractivity contribution in [3.05, 3.63) is 61.7 Å². The van der Waals surface area contributed by atoms with E-state index in [9.17, 15) is 0 Å². The molecule has 3 unspecified atom stereocenters. The van der Waals surface area contributed by atoms with Crippen molar-refractivity contribution in [2.45, 2.75) is 38.8 Å². The van der Waals surface area contributed by atoms with Crippen LogP contribution in [0.15, 0.2) is 61.7 Å². The van der Waals surface area contributed by atoms with Gasteiger partial charge in [0.15, 0.2) is 28.3 Å². The number of rotatable bonds is 9. The van der Waals surface area contributed by atoms with E-state index in [1.165, 1.54) is 12.8 Å². The number of anilines is 4. The molecule has 0 spiro atoms.